The van der Waals surface area contributed by atoms with Gasteiger partial charge in [0.2, 0.25) is 0 Å². The lowest BCUT2D eigenvalue weighted by atomic mass is 10.3. The molecule has 2 aromatic rings. The number of ether oxygens (including phenoxy) is 1. The molecule has 6 heteroatoms. The van der Waals surface area contributed by atoms with Crippen LogP contribution >= 0.6 is 0 Å². The minimum atomic E-state index is -0.683. The second-order valence-electron chi connectivity index (χ2n) is 3.86. The van der Waals surface area contributed by atoms with Crippen LogP contribution in [-0.2, 0) is 16.0 Å². The first-order valence-electron chi connectivity index (χ1n) is 5.75. The van der Waals surface area contributed by atoms with Crippen LogP contribution in [-0.4, -0.2) is 22.4 Å². The summed E-state index contributed by atoms with van der Waals surface area (Å²) in [6, 6.07) is 4.70. The van der Waals surface area contributed by atoms with Crippen LogP contribution in [0.4, 0.5) is 8.78 Å². The van der Waals surface area contributed by atoms with Crippen molar-refractivity contribution in [3.8, 4) is 5.69 Å². The summed E-state index contributed by atoms with van der Waals surface area (Å²) < 4.78 is 32.2. The Kier molecular flexibility index (Phi) is 3.89. The zero-order valence-corrected chi connectivity index (χ0v) is 10.3. The number of nitrogens with zero attached hydrogens (tertiary/aromatic N) is 2. The third-order valence-electron chi connectivity index (χ3n) is 2.39. The van der Waals surface area contributed by atoms with Crippen molar-refractivity contribution in [2.24, 2.45) is 0 Å². The molecule has 0 aliphatic heterocycles. The predicted octanol–water partition coefficient (Wildman–Crippen LogP) is 2.26. The highest BCUT2D eigenvalue weighted by Crippen LogP contribution is 2.12. The summed E-state index contributed by atoms with van der Waals surface area (Å²) in [4.78, 5) is 11.3. The van der Waals surface area contributed by atoms with Crippen molar-refractivity contribution < 1.29 is 18.3 Å². The van der Waals surface area contributed by atoms with E-state index in [0.717, 1.165) is 18.2 Å². The summed E-state index contributed by atoms with van der Waals surface area (Å²) >= 11 is 0. The molecule has 1 aromatic heterocycles. The number of hydrogen-bond acceptors (Lipinski definition) is 3. The largest absolute Gasteiger partial charge is 0.466 e. The minimum absolute atomic E-state index is 0.0264. The van der Waals surface area contributed by atoms with Gasteiger partial charge in [0, 0.05) is 12.3 Å². The Morgan fingerprint density at radius 1 is 1.32 bits per heavy atom. The topological polar surface area (TPSA) is 44.1 Å². The maximum atomic E-state index is 13.1. The molecule has 0 atom stereocenters. The van der Waals surface area contributed by atoms with Crippen LogP contribution in [0.5, 0.6) is 0 Å². The Bertz CT molecular complexity index is 576. The number of rotatable bonds is 4. The van der Waals surface area contributed by atoms with E-state index in [1.165, 1.54) is 10.9 Å². The average Bonchev–Trinajstić information content (AvgIpc) is 2.76. The lowest BCUT2D eigenvalue weighted by Crippen LogP contribution is -2.08. The van der Waals surface area contributed by atoms with Gasteiger partial charge in [-0.15, -0.1) is 0 Å². The molecule has 100 valence electrons. The number of hydrogen-bond donors (Lipinski definition) is 0. The van der Waals surface area contributed by atoms with E-state index in [1.807, 2.05) is 0 Å². The van der Waals surface area contributed by atoms with Gasteiger partial charge in [-0.05, 0) is 25.1 Å². The number of benzene rings is 1. The first-order valence-corrected chi connectivity index (χ1v) is 5.75. The molecule has 0 spiro atoms. The zero-order valence-electron chi connectivity index (χ0n) is 10.3. The van der Waals surface area contributed by atoms with Gasteiger partial charge in [-0.25, -0.2) is 13.5 Å². The SMILES string of the molecule is CCOC(=O)Cc1ccn(-c2cc(F)cc(F)c2)n1. The van der Waals surface area contributed by atoms with E-state index >= 15 is 0 Å². The van der Waals surface area contributed by atoms with Crippen LogP contribution in [0.2, 0.25) is 0 Å². The Labute approximate surface area is 108 Å². The lowest BCUT2D eigenvalue weighted by Gasteiger charge is -2.02. The van der Waals surface area contributed by atoms with Crippen molar-refractivity contribution in [3.05, 3.63) is 47.8 Å². The Morgan fingerprint density at radius 2 is 2.00 bits per heavy atom. The fraction of sp³-hybridized carbons (Fsp3) is 0.231. The second kappa shape index (κ2) is 5.60. The predicted molar refractivity (Wildman–Crippen MR) is 63.8 cm³/mol. The summed E-state index contributed by atoms with van der Waals surface area (Å²) in [5, 5.41) is 4.07. The van der Waals surface area contributed by atoms with Gasteiger partial charge in [-0.1, -0.05) is 0 Å². The highest BCUT2D eigenvalue weighted by Gasteiger charge is 2.09. The quantitative estimate of drug-likeness (QED) is 0.797. The van der Waals surface area contributed by atoms with E-state index in [9.17, 15) is 13.6 Å². The number of aromatic nitrogens is 2. The van der Waals surface area contributed by atoms with Crippen LogP contribution in [0.3, 0.4) is 0 Å². The van der Waals surface area contributed by atoms with Crippen LogP contribution < -0.4 is 0 Å². The number of carbonyl (C=O) groups excluding carboxylic acids is 1. The van der Waals surface area contributed by atoms with Crippen molar-refractivity contribution in [2.75, 3.05) is 6.61 Å². The Hall–Kier alpha value is -2.24. The summed E-state index contributed by atoms with van der Waals surface area (Å²) in [7, 11) is 0. The van der Waals surface area contributed by atoms with Gasteiger partial charge < -0.3 is 4.74 Å². The highest BCUT2D eigenvalue weighted by molar-refractivity contribution is 5.71. The third kappa shape index (κ3) is 3.37. The van der Waals surface area contributed by atoms with Gasteiger partial charge in [0.15, 0.2) is 0 Å². The lowest BCUT2D eigenvalue weighted by molar-refractivity contribution is -0.142. The molecule has 0 saturated heterocycles. The third-order valence-corrected chi connectivity index (χ3v) is 2.39. The molecule has 1 aromatic carbocycles. The molecule has 0 amide bonds. The maximum Gasteiger partial charge on any atom is 0.311 e. The number of halogens is 2. The molecule has 0 saturated carbocycles. The molecule has 2 rings (SSSR count). The molecular formula is C13H12F2N2O2. The van der Waals surface area contributed by atoms with Crippen LogP contribution in [0.15, 0.2) is 30.5 Å². The van der Waals surface area contributed by atoms with Crippen molar-refractivity contribution in [3.63, 3.8) is 0 Å². The van der Waals surface area contributed by atoms with Crippen molar-refractivity contribution >= 4 is 5.97 Å². The fourth-order valence-corrected chi connectivity index (χ4v) is 1.63. The van der Waals surface area contributed by atoms with Gasteiger partial charge in [0.05, 0.1) is 24.4 Å². The van der Waals surface area contributed by atoms with Crippen LogP contribution in [0.25, 0.3) is 5.69 Å². The Morgan fingerprint density at radius 3 is 2.63 bits per heavy atom. The van der Waals surface area contributed by atoms with Crippen molar-refractivity contribution in [1.29, 1.82) is 0 Å². The van der Waals surface area contributed by atoms with Gasteiger partial charge in [0.25, 0.3) is 0 Å². The molecule has 0 aliphatic carbocycles. The number of esters is 1. The summed E-state index contributed by atoms with van der Waals surface area (Å²) in [5.41, 5.74) is 0.732. The van der Waals surface area contributed by atoms with E-state index in [1.54, 1.807) is 13.0 Å². The smallest absolute Gasteiger partial charge is 0.311 e. The second-order valence-corrected chi connectivity index (χ2v) is 3.86. The Balaban J connectivity index is 2.18. The highest BCUT2D eigenvalue weighted by atomic mass is 19.1. The van der Waals surface area contributed by atoms with Crippen molar-refractivity contribution in [2.45, 2.75) is 13.3 Å². The molecule has 0 aliphatic rings. The average molecular weight is 266 g/mol. The summed E-state index contributed by atoms with van der Waals surface area (Å²) in [5.74, 6) is -1.76. The zero-order chi connectivity index (χ0) is 13.8. The molecule has 0 fully saturated rings. The van der Waals surface area contributed by atoms with E-state index in [4.69, 9.17) is 4.74 Å². The van der Waals surface area contributed by atoms with Crippen molar-refractivity contribution in [1.82, 2.24) is 9.78 Å². The summed E-state index contributed by atoms with van der Waals surface area (Å²) in [6.07, 6.45) is 1.56. The van der Waals surface area contributed by atoms with Gasteiger partial charge in [-0.2, -0.15) is 5.10 Å². The van der Waals surface area contributed by atoms with Gasteiger partial charge >= 0.3 is 5.97 Å². The first-order chi connectivity index (χ1) is 9.08. The molecule has 4 nitrogen and oxygen atoms in total. The van der Waals surface area contributed by atoms with Crippen LogP contribution in [0, 0.1) is 11.6 Å². The normalized spacial score (nSPS) is 10.5. The fourth-order valence-electron chi connectivity index (χ4n) is 1.63. The molecule has 19 heavy (non-hydrogen) atoms. The van der Waals surface area contributed by atoms with Gasteiger partial charge in [-0.3, -0.25) is 4.79 Å². The van der Waals surface area contributed by atoms with E-state index in [2.05, 4.69) is 5.10 Å². The van der Waals surface area contributed by atoms with Gasteiger partial charge in [0.1, 0.15) is 11.6 Å². The van der Waals surface area contributed by atoms with E-state index in [0.29, 0.717) is 12.3 Å². The summed E-state index contributed by atoms with van der Waals surface area (Å²) in [6.45, 7) is 2.01. The molecule has 0 N–H and O–H groups in total. The molecule has 0 unspecified atom stereocenters. The molecule has 1 heterocycles. The maximum absolute atomic E-state index is 13.1. The minimum Gasteiger partial charge on any atom is -0.466 e. The number of carbonyl (C=O) groups is 1. The van der Waals surface area contributed by atoms with Crippen LogP contribution in [0.1, 0.15) is 12.6 Å². The van der Waals surface area contributed by atoms with E-state index < -0.39 is 17.6 Å². The molecule has 0 radical (unpaired) electrons. The van der Waals surface area contributed by atoms with E-state index in [-0.39, 0.29) is 12.1 Å². The first kappa shape index (κ1) is 13.2. The standard InChI is InChI=1S/C13H12F2N2O2/c1-2-19-13(18)8-11-3-4-17(16-11)12-6-9(14)5-10(15)7-12/h3-7H,2,8H2,1H3. The molecule has 0 bridgehead atoms. The monoisotopic (exact) mass is 266 g/mol. The molecular weight excluding hydrogens is 254 g/mol.